The van der Waals surface area contributed by atoms with Crippen molar-refractivity contribution in [1.82, 2.24) is 10.7 Å². The number of ether oxygens (including phenoxy) is 2. The van der Waals surface area contributed by atoms with Crippen LogP contribution in [0.1, 0.15) is 16.7 Å². The molecule has 9 heteroatoms. The minimum atomic E-state index is -0.520. The third-order valence-electron chi connectivity index (χ3n) is 3.76. The molecule has 29 heavy (non-hydrogen) atoms. The smallest absolute Gasteiger partial charge is 0.315 e. The summed E-state index contributed by atoms with van der Waals surface area (Å²) >= 11 is 5.02. The van der Waals surface area contributed by atoms with Crippen molar-refractivity contribution in [3.63, 3.8) is 0 Å². The molecule has 0 aliphatic carbocycles. The standard InChI is InChI=1S/C20H22N4O4S/c1-4-9-21-20(29)23-22-12-16-10-17(24(25)26)19(18(11-16)27-3)28-13-15-7-5-14(2)6-8-15/h4-8,10-12H,1,9,13H2,2-3H3,(H2,21,23,29)/b22-12+. The van der Waals surface area contributed by atoms with E-state index in [0.29, 0.717) is 17.2 Å². The lowest BCUT2D eigenvalue weighted by atomic mass is 10.1. The van der Waals surface area contributed by atoms with Crippen LogP contribution in [-0.2, 0) is 6.61 Å². The highest BCUT2D eigenvalue weighted by Crippen LogP contribution is 2.38. The molecule has 0 saturated heterocycles. The predicted molar refractivity (Wildman–Crippen MR) is 117 cm³/mol. The first-order chi connectivity index (χ1) is 13.9. The Balaban J connectivity index is 2.21. The highest BCUT2D eigenvalue weighted by Gasteiger charge is 2.22. The molecule has 8 nitrogen and oxygen atoms in total. The summed E-state index contributed by atoms with van der Waals surface area (Å²) < 4.78 is 11.0. The maximum atomic E-state index is 11.6. The van der Waals surface area contributed by atoms with E-state index in [-0.39, 0.29) is 23.8 Å². The zero-order valence-corrected chi connectivity index (χ0v) is 17.0. The van der Waals surface area contributed by atoms with Crippen molar-refractivity contribution in [2.24, 2.45) is 5.10 Å². The summed E-state index contributed by atoms with van der Waals surface area (Å²) in [5, 5.41) is 18.7. The van der Waals surface area contributed by atoms with Crippen molar-refractivity contribution in [3.8, 4) is 11.5 Å². The first kappa shape index (κ1) is 21.8. The van der Waals surface area contributed by atoms with Crippen LogP contribution in [0.2, 0.25) is 0 Å². The molecule has 2 N–H and O–H groups in total. The van der Waals surface area contributed by atoms with E-state index in [1.807, 2.05) is 31.2 Å². The van der Waals surface area contributed by atoms with E-state index >= 15 is 0 Å². The molecule has 2 aromatic rings. The van der Waals surface area contributed by atoms with Crippen LogP contribution in [-0.4, -0.2) is 29.9 Å². The van der Waals surface area contributed by atoms with E-state index in [2.05, 4.69) is 22.4 Å². The minimum absolute atomic E-state index is 0.0614. The van der Waals surface area contributed by atoms with Gasteiger partial charge >= 0.3 is 5.69 Å². The van der Waals surface area contributed by atoms with Gasteiger partial charge in [-0.3, -0.25) is 15.5 Å². The van der Waals surface area contributed by atoms with Crippen LogP contribution in [0.4, 0.5) is 5.69 Å². The number of thiocarbonyl (C=S) groups is 1. The topological polar surface area (TPSA) is 98.0 Å². The predicted octanol–water partition coefficient (Wildman–Crippen LogP) is 3.47. The molecular formula is C20H22N4O4S. The molecule has 0 bridgehead atoms. The zero-order valence-electron chi connectivity index (χ0n) is 16.2. The first-order valence-electron chi connectivity index (χ1n) is 8.67. The van der Waals surface area contributed by atoms with Crippen molar-refractivity contribution in [2.75, 3.05) is 13.7 Å². The summed E-state index contributed by atoms with van der Waals surface area (Å²) in [7, 11) is 1.42. The second-order valence-corrected chi connectivity index (χ2v) is 6.38. The molecule has 0 aliphatic heterocycles. The van der Waals surface area contributed by atoms with Crippen molar-refractivity contribution >= 4 is 29.2 Å². The summed E-state index contributed by atoms with van der Waals surface area (Å²) in [6.07, 6.45) is 3.06. The fourth-order valence-corrected chi connectivity index (χ4v) is 2.46. The van der Waals surface area contributed by atoms with Gasteiger partial charge in [-0.05, 0) is 30.8 Å². The van der Waals surface area contributed by atoms with E-state index in [0.717, 1.165) is 11.1 Å². The van der Waals surface area contributed by atoms with Crippen molar-refractivity contribution < 1.29 is 14.4 Å². The molecule has 0 aromatic heterocycles. The fourth-order valence-electron chi connectivity index (χ4n) is 2.32. The van der Waals surface area contributed by atoms with Crippen LogP contribution in [0.25, 0.3) is 0 Å². The fraction of sp³-hybridized carbons (Fsp3) is 0.200. The van der Waals surface area contributed by atoms with Crippen molar-refractivity contribution in [3.05, 3.63) is 75.9 Å². The Kier molecular flexibility index (Phi) is 8.11. The Morgan fingerprint density at radius 1 is 1.34 bits per heavy atom. The van der Waals surface area contributed by atoms with Crippen molar-refractivity contribution in [2.45, 2.75) is 13.5 Å². The van der Waals surface area contributed by atoms with Crippen LogP contribution >= 0.6 is 12.2 Å². The molecule has 0 atom stereocenters. The van der Waals surface area contributed by atoms with E-state index in [1.54, 1.807) is 12.1 Å². The summed E-state index contributed by atoms with van der Waals surface area (Å²) in [5.41, 5.74) is 4.86. The number of aryl methyl sites for hydroxylation is 1. The summed E-state index contributed by atoms with van der Waals surface area (Å²) in [6, 6.07) is 10.7. The van der Waals surface area contributed by atoms with Crippen LogP contribution in [0, 0.1) is 17.0 Å². The van der Waals surface area contributed by atoms with Gasteiger partial charge in [0, 0.05) is 18.2 Å². The summed E-state index contributed by atoms with van der Waals surface area (Å²) in [5.74, 6) is 0.298. The molecule has 0 amide bonds. The Labute approximate surface area is 174 Å². The number of nitrogens with zero attached hydrogens (tertiary/aromatic N) is 2. The van der Waals surface area contributed by atoms with E-state index in [4.69, 9.17) is 21.7 Å². The third kappa shape index (κ3) is 6.58. The molecule has 2 aromatic carbocycles. The highest BCUT2D eigenvalue weighted by atomic mass is 32.1. The number of rotatable bonds is 9. The molecule has 0 aliphatic rings. The van der Waals surface area contributed by atoms with Crippen LogP contribution in [0.15, 0.2) is 54.2 Å². The van der Waals surface area contributed by atoms with Gasteiger partial charge < -0.3 is 14.8 Å². The normalized spacial score (nSPS) is 10.4. The summed E-state index contributed by atoms with van der Waals surface area (Å²) in [4.78, 5) is 11.0. The minimum Gasteiger partial charge on any atom is -0.493 e. The number of methoxy groups -OCH3 is 1. The molecule has 0 saturated carbocycles. The number of hydrogen-bond donors (Lipinski definition) is 2. The lowest BCUT2D eigenvalue weighted by molar-refractivity contribution is -0.386. The second-order valence-electron chi connectivity index (χ2n) is 5.97. The van der Waals surface area contributed by atoms with E-state index in [9.17, 15) is 10.1 Å². The molecule has 0 heterocycles. The highest BCUT2D eigenvalue weighted by molar-refractivity contribution is 7.80. The number of hydrazone groups is 1. The summed E-state index contributed by atoms with van der Waals surface area (Å²) in [6.45, 7) is 6.23. The average molecular weight is 414 g/mol. The Morgan fingerprint density at radius 3 is 2.69 bits per heavy atom. The number of nitro groups is 1. The van der Waals surface area contributed by atoms with E-state index < -0.39 is 4.92 Å². The largest absolute Gasteiger partial charge is 0.493 e. The second kappa shape index (κ2) is 10.8. The SMILES string of the molecule is C=CCNC(=S)N/N=C/c1cc(OC)c(OCc2ccc(C)cc2)c([N+](=O)[O-])c1. The van der Waals surface area contributed by atoms with Gasteiger partial charge in [-0.15, -0.1) is 6.58 Å². The van der Waals surface area contributed by atoms with Gasteiger partial charge in [-0.2, -0.15) is 5.10 Å². The van der Waals surface area contributed by atoms with Crippen LogP contribution in [0.3, 0.4) is 0 Å². The molecule has 0 fully saturated rings. The molecule has 0 spiro atoms. The first-order valence-corrected chi connectivity index (χ1v) is 9.08. The van der Waals surface area contributed by atoms with Gasteiger partial charge in [-0.1, -0.05) is 35.9 Å². The number of nitro benzene ring substituents is 1. The molecule has 0 radical (unpaired) electrons. The number of hydrogen-bond acceptors (Lipinski definition) is 6. The Bertz CT molecular complexity index is 913. The van der Waals surface area contributed by atoms with Gasteiger partial charge in [0.05, 0.1) is 18.2 Å². The molecule has 0 unspecified atom stereocenters. The van der Waals surface area contributed by atoms with Crippen LogP contribution < -0.4 is 20.2 Å². The molecule has 2 rings (SSSR count). The van der Waals surface area contributed by atoms with E-state index in [1.165, 1.54) is 19.4 Å². The van der Waals surface area contributed by atoms with Gasteiger partial charge in [-0.25, -0.2) is 0 Å². The maximum absolute atomic E-state index is 11.6. The average Bonchev–Trinajstić information content (AvgIpc) is 2.71. The third-order valence-corrected chi connectivity index (χ3v) is 4.00. The quantitative estimate of drug-likeness (QED) is 0.213. The van der Waals surface area contributed by atoms with Crippen LogP contribution in [0.5, 0.6) is 11.5 Å². The van der Waals surface area contributed by atoms with Gasteiger partial charge in [0.2, 0.25) is 5.75 Å². The number of benzene rings is 2. The lowest BCUT2D eigenvalue weighted by Gasteiger charge is -2.12. The zero-order chi connectivity index (χ0) is 21.2. The number of nitrogens with one attached hydrogen (secondary N) is 2. The van der Waals surface area contributed by atoms with Gasteiger partial charge in [0.25, 0.3) is 0 Å². The molecule has 152 valence electrons. The Hall–Kier alpha value is -3.46. The van der Waals surface area contributed by atoms with Gasteiger partial charge in [0.15, 0.2) is 10.9 Å². The maximum Gasteiger partial charge on any atom is 0.315 e. The lowest BCUT2D eigenvalue weighted by Crippen LogP contribution is -2.31. The Morgan fingerprint density at radius 2 is 2.07 bits per heavy atom. The monoisotopic (exact) mass is 414 g/mol. The van der Waals surface area contributed by atoms with Crippen molar-refractivity contribution in [1.29, 1.82) is 0 Å². The van der Waals surface area contributed by atoms with Gasteiger partial charge in [0.1, 0.15) is 6.61 Å². The molecular weight excluding hydrogens is 392 g/mol.